The van der Waals surface area contributed by atoms with Gasteiger partial charge in [0.15, 0.2) is 6.29 Å². The van der Waals surface area contributed by atoms with Crippen molar-refractivity contribution in [2.24, 2.45) is 0 Å². The third-order valence-corrected chi connectivity index (χ3v) is 2.90. The molecule has 0 spiro atoms. The molecule has 0 aliphatic heterocycles. The molecule has 0 atom stereocenters. The molecule has 1 aromatic heterocycles. The van der Waals surface area contributed by atoms with Crippen LogP contribution < -0.4 is 0 Å². The summed E-state index contributed by atoms with van der Waals surface area (Å²) in [6.45, 7) is 3.92. The Labute approximate surface area is 109 Å². The molecule has 1 heterocycles. The highest BCUT2D eigenvalue weighted by Crippen LogP contribution is 2.26. The maximum absolute atomic E-state index is 13.1. The molecule has 0 amide bonds. The van der Waals surface area contributed by atoms with Gasteiger partial charge in [0.25, 0.3) is 0 Å². The van der Waals surface area contributed by atoms with Crippen molar-refractivity contribution in [1.29, 1.82) is 0 Å². The molecule has 0 saturated carbocycles. The predicted molar refractivity (Wildman–Crippen MR) is 68.4 cm³/mol. The SMILES string of the molecule is CC(C)n1cc(C=O)c(-c2ccc(F)c(Cl)c2)n1. The lowest BCUT2D eigenvalue weighted by molar-refractivity contribution is 0.112. The van der Waals surface area contributed by atoms with Crippen LogP contribution in [0.1, 0.15) is 30.2 Å². The Bertz CT molecular complexity index is 593. The van der Waals surface area contributed by atoms with Gasteiger partial charge in [0, 0.05) is 17.8 Å². The van der Waals surface area contributed by atoms with Crippen LogP contribution in [0.2, 0.25) is 5.02 Å². The standard InChI is InChI=1S/C13H12ClFN2O/c1-8(2)17-6-10(7-18)13(16-17)9-3-4-12(15)11(14)5-9/h3-8H,1-2H3. The fraction of sp³-hybridized carbons (Fsp3) is 0.231. The van der Waals surface area contributed by atoms with Crippen molar-refractivity contribution < 1.29 is 9.18 Å². The summed E-state index contributed by atoms with van der Waals surface area (Å²) < 4.78 is 14.8. The van der Waals surface area contributed by atoms with Gasteiger partial charge < -0.3 is 0 Å². The van der Waals surface area contributed by atoms with Crippen LogP contribution in [0.3, 0.4) is 0 Å². The first-order valence-electron chi connectivity index (χ1n) is 5.52. The summed E-state index contributed by atoms with van der Waals surface area (Å²) in [5.41, 5.74) is 1.61. The first-order valence-corrected chi connectivity index (χ1v) is 5.90. The summed E-state index contributed by atoms with van der Waals surface area (Å²) in [5, 5.41) is 4.34. The van der Waals surface area contributed by atoms with Crippen molar-refractivity contribution in [2.75, 3.05) is 0 Å². The van der Waals surface area contributed by atoms with Gasteiger partial charge in [-0.25, -0.2) is 4.39 Å². The summed E-state index contributed by atoms with van der Waals surface area (Å²) in [6.07, 6.45) is 2.41. The second-order valence-electron chi connectivity index (χ2n) is 4.25. The van der Waals surface area contributed by atoms with Gasteiger partial charge in [-0.1, -0.05) is 11.6 Å². The van der Waals surface area contributed by atoms with Crippen LogP contribution in [-0.4, -0.2) is 16.1 Å². The van der Waals surface area contributed by atoms with Crippen molar-refractivity contribution in [2.45, 2.75) is 19.9 Å². The molecule has 2 rings (SSSR count). The van der Waals surface area contributed by atoms with E-state index in [9.17, 15) is 9.18 Å². The molecule has 0 unspecified atom stereocenters. The number of nitrogens with zero attached hydrogens (tertiary/aromatic N) is 2. The van der Waals surface area contributed by atoms with Crippen LogP contribution in [0.25, 0.3) is 11.3 Å². The molecule has 2 aromatic rings. The van der Waals surface area contributed by atoms with Gasteiger partial charge in [0.2, 0.25) is 0 Å². The van der Waals surface area contributed by atoms with Crippen molar-refractivity contribution in [1.82, 2.24) is 9.78 Å². The summed E-state index contributed by atoms with van der Waals surface area (Å²) >= 11 is 5.73. The largest absolute Gasteiger partial charge is 0.298 e. The van der Waals surface area contributed by atoms with Gasteiger partial charge >= 0.3 is 0 Å². The van der Waals surface area contributed by atoms with E-state index in [0.29, 0.717) is 16.8 Å². The number of carbonyl (C=O) groups excluding carboxylic acids is 1. The first-order chi connectivity index (χ1) is 8.52. The smallest absolute Gasteiger partial charge is 0.153 e. The summed E-state index contributed by atoms with van der Waals surface area (Å²) in [5.74, 6) is -0.489. The lowest BCUT2D eigenvalue weighted by atomic mass is 10.1. The van der Waals surface area contributed by atoms with E-state index < -0.39 is 5.82 Å². The number of aromatic nitrogens is 2. The second kappa shape index (κ2) is 4.90. The number of carbonyl (C=O) groups is 1. The average Bonchev–Trinajstić information content (AvgIpc) is 2.77. The van der Waals surface area contributed by atoms with Gasteiger partial charge in [0.1, 0.15) is 11.5 Å². The zero-order valence-corrected chi connectivity index (χ0v) is 10.8. The van der Waals surface area contributed by atoms with E-state index in [0.717, 1.165) is 6.29 Å². The van der Waals surface area contributed by atoms with E-state index in [1.165, 1.54) is 12.1 Å². The number of halogens is 2. The number of benzene rings is 1. The Balaban J connectivity index is 2.55. The van der Waals surface area contributed by atoms with Crippen LogP contribution in [0, 0.1) is 5.82 Å². The maximum Gasteiger partial charge on any atom is 0.153 e. The van der Waals surface area contributed by atoms with Gasteiger partial charge in [-0.3, -0.25) is 9.48 Å². The van der Waals surface area contributed by atoms with Crippen LogP contribution >= 0.6 is 11.6 Å². The topological polar surface area (TPSA) is 34.9 Å². The molecule has 5 heteroatoms. The quantitative estimate of drug-likeness (QED) is 0.794. The Morgan fingerprint density at radius 2 is 2.17 bits per heavy atom. The fourth-order valence-electron chi connectivity index (χ4n) is 1.62. The Morgan fingerprint density at radius 3 is 2.72 bits per heavy atom. The highest BCUT2D eigenvalue weighted by Gasteiger charge is 2.13. The first kappa shape index (κ1) is 12.8. The predicted octanol–water partition coefficient (Wildman–Crippen LogP) is 3.74. The second-order valence-corrected chi connectivity index (χ2v) is 4.66. The van der Waals surface area contributed by atoms with Crippen LogP contribution in [-0.2, 0) is 0 Å². The molecule has 0 fully saturated rings. The minimum atomic E-state index is -0.489. The third kappa shape index (κ3) is 2.29. The van der Waals surface area contributed by atoms with E-state index in [2.05, 4.69) is 5.10 Å². The average molecular weight is 267 g/mol. The lowest BCUT2D eigenvalue weighted by Gasteiger charge is -2.04. The minimum Gasteiger partial charge on any atom is -0.298 e. The summed E-state index contributed by atoms with van der Waals surface area (Å²) in [6, 6.07) is 4.44. The van der Waals surface area contributed by atoms with E-state index in [4.69, 9.17) is 11.6 Å². The van der Waals surface area contributed by atoms with Gasteiger partial charge in [-0.2, -0.15) is 5.10 Å². The molecule has 0 aliphatic rings. The van der Waals surface area contributed by atoms with Crippen molar-refractivity contribution in [3.05, 3.63) is 40.8 Å². The normalized spacial score (nSPS) is 10.9. The van der Waals surface area contributed by atoms with E-state index in [-0.39, 0.29) is 11.1 Å². The number of hydrogen-bond acceptors (Lipinski definition) is 2. The summed E-state index contributed by atoms with van der Waals surface area (Å²) in [7, 11) is 0. The molecule has 1 aromatic carbocycles. The lowest BCUT2D eigenvalue weighted by Crippen LogP contribution is -2.00. The highest BCUT2D eigenvalue weighted by molar-refractivity contribution is 6.31. The molecular formula is C13H12ClFN2O. The monoisotopic (exact) mass is 266 g/mol. The maximum atomic E-state index is 13.1. The van der Waals surface area contributed by atoms with Crippen LogP contribution in [0.4, 0.5) is 4.39 Å². The zero-order chi connectivity index (χ0) is 13.3. The molecule has 0 N–H and O–H groups in total. The number of aldehydes is 1. The van der Waals surface area contributed by atoms with E-state index in [1.54, 1.807) is 16.9 Å². The molecule has 3 nitrogen and oxygen atoms in total. The van der Waals surface area contributed by atoms with Gasteiger partial charge in [-0.05, 0) is 32.0 Å². The Morgan fingerprint density at radius 1 is 1.44 bits per heavy atom. The Hall–Kier alpha value is -1.68. The van der Waals surface area contributed by atoms with Gasteiger partial charge in [0.05, 0.1) is 10.6 Å². The van der Waals surface area contributed by atoms with Crippen molar-refractivity contribution in [3.8, 4) is 11.3 Å². The minimum absolute atomic E-state index is 0.0171. The molecular weight excluding hydrogens is 255 g/mol. The van der Waals surface area contributed by atoms with Crippen LogP contribution in [0.15, 0.2) is 24.4 Å². The molecule has 94 valence electrons. The molecule has 0 saturated heterocycles. The van der Waals surface area contributed by atoms with Crippen LogP contribution in [0.5, 0.6) is 0 Å². The zero-order valence-electron chi connectivity index (χ0n) is 10.0. The molecule has 0 bridgehead atoms. The molecule has 0 aliphatic carbocycles. The summed E-state index contributed by atoms with van der Waals surface area (Å²) in [4.78, 5) is 11.0. The molecule has 18 heavy (non-hydrogen) atoms. The number of rotatable bonds is 3. The van der Waals surface area contributed by atoms with Gasteiger partial charge in [-0.15, -0.1) is 0 Å². The highest BCUT2D eigenvalue weighted by atomic mass is 35.5. The van der Waals surface area contributed by atoms with Crippen molar-refractivity contribution in [3.63, 3.8) is 0 Å². The van der Waals surface area contributed by atoms with E-state index in [1.807, 2.05) is 13.8 Å². The van der Waals surface area contributed by atoms with E-state index >= 15 is 0 Å². The molecule has 0 radical (unpaired) electrons. The number of hydrogen-bond donors (Lipinski definition) is 0. The third-order valence-electron chi connectivity index (χ3n) is 2.61. The Kier molecular flexibility index (Phi) is 3.48. The fourth-order valence-corrected chi connectivity index (χ4v) is 1.80. The van der Waals surface area contributed by atoms with Crippen molar-refractivity contribution >= 4 is 17.9 Å².